The van der Waals surface area contributed by atoms with E-state index in [9.17, 15) is 4.57 Å². The molecule has 0 saturated carbocycles. The third-order valence-electron chi connectivity index (χ3n) is 0.922. The molecule has 0 rings (SSSR count). The molecule has 5 heteroatoms. The lowest BCUT2D eigenvalue weighted by molar-refractivity contribution is -0.145. The number of rotatable bonds is 4. The van der Waals surface area contributed by atoms with Crippen molar-refractivity contribution in [2.45, 2.75) is 19.8 Å². The molecule has 0 aliphatic heterocycles. The Hall–Kier alpha value is 0.110. The highest BCUT2D eigenvalue weighted by atomic mass is 31.2. The van der Waals surface area contributed by atoms with Gasteiger partial charge in [0.25, 0.3) is 0 Å². The molecule has 1 atom stereocenters. The lowest BCUT2D eigenvalue weighted by Crippen LogP contribution is -1.90. The average Bonchev–Trinajstić information content (AvgIpc) is 1.84. The van der Waals surface area contributed by atoms with Gasteiger partial charge in [0.1, 0.15) is 0 Å². The fraction of sp³-hybridized carbons (Fsp3) is 1.00. The molecule has 0 aliphatic rings. The van der Waals surface area contributed by atoms with Crippen LogP contribution in [-0.2, 0) is 9.24 Å². The Morgan fingerprint density at radius 2 is 2.22 bits per heavy atom. The zero-order chi connectivity index (χ0) is 7.33. The number of unbranched alkanes of at least 4 members (excludes halogenated alkanes) is 1. The summed E-state index contributed by atoms with van der Waals surface area (Å²) in [6, 6.07) is 0. The van der Waals surface area contributed by atoms with Gasteiger partial charge in [-0.2, -0.15) is 4.67 Å². The highest BCUT2D eigenvalue weighted by molar-refractivity contribution is 7.52. The lowest BCUT2D eigenvalue weighted by Gasteiger charge is -2.03. The van der Waals surface area contributed by atoms with Gasteiger partial charge in [-0.25, -0.2) is 5.26 Å². The van der Waals surface area contributed by atoms with Crippen molar-refractivity contribution in [1.82, 2.24) is 0 Å². The van der Waals surface area contributed by atoms with Crippen LogP contribution >= 0.6 is 7.60 Å². The maximum Gasteiger partial charge on any atom is 0.355 e. The number of hydrogen-bond acceptors (Lipinski definition) is 3. The predicted octanol–water partition coefficient (Wildman–Crippen LogP) is 1.46. The average molecular weight is 154 g/mol. The molecule has 0 aromatic rings. The van der Waals surface area contributed by atoms with E-state index in [4.69, 9.17) is 10.2 Å². The summed E-state index contributed by atoms with van der Waals surface area (Å²) in [4.78, 5) is 8.54. The molecule has 0 fully saturated rings. The molecule has 2 N–H and O–H groups in total. The van der Waals surface area contributed by atoms with Gasteiger partial charge in [-0.3, -0.25) is 4.57 Å². The van der Waals surface area contributed by atoms with Gasteiger partial charge < -0.3 is 4.89 Å². The summed E-state index contributed by atoms with van der Waals surface area (Å²) in [5.74, 6) is 0. The molecule has 1 unspecified atom stereocenters. The molecule has 9 heavy (non-hydrogen) atoms. The Morgan fingerprint density at radius 1 is 1.67 bits per heavy atom. The Balaban J connectivity index is 3.46. The highest BCUT2D eigenvalue weighted by Gasteiger charge is 2.16. The second-order valence-corrected chi connectivity index (χ2v) is 3.68. The van der Waals surface area contributed by atoms with Crippen LogP contribution in [0.4, 0.5) is 0 Å². The van der Waals surface area contributed by atoms with Crippen LogP contribution in [0.25, 0.3) is 0 Å². The van der Waals surface area contributed by atoms with Crippen molar-refractivity contribution in [2.24, 2.45) is 0 Å². The molecule has 0 spiro atoms. The molecule has 4 nitrogen and oxygen atoms in total. The first-order valence-electron chi connectivity index (χ1n) is 2.77. The van der Waals surface area contributed by atoms with Crippen molar-refractivity contribution in [3.8, 4) is 0 Å². The molecular formula is C4H11O4P. The van der Waals surface area contributed by atoms with Crippen LogP contribution in [0.2, 0.25) is 0 Å². The predicted molar refractivity (Wildman–Crippen MR) is 33.3 cm³/mol. The fourth-order valence-corrected chi connectivity index (χ4v) is 1.20. The summed E-state index contributed by atoms with van der Waals surface area (Å²) in [7, 11) is -3.63. The third-order valence-corrected chi connectivity index (χ3v) is 2.06. The second-order valence-electron chi connectivity index (χ2n) is 1.80. The maximum atomic E-state index is 10.4. The smallest absolute Gasteiger partial charge is 0.323 e. The zero-order valence-corrected chi connectivity index (χ0v) is 6.17. The van der Waals surface area contributed by atoms with E-state index in [0.29, 0.717) is 6.42 Å². The quantitative estimate of drug-likeness (QED) is 0.365. The summed E-state index contributed by atoms with van der Waals surface area (Å²) >= 11 is 0. The van der Waals surface area contributed by atoms with Crippen LogP contribution in [-0.4, -0.2) is 16.3 Å². The van der Waals surface area contributed by atoms with E-state index < -0.39 is 7.60 Å². The fourth-order valence-electron chi connectivity index (χ4n) is 0.399. The van der Waals surface area contributed by atoms with E-state index in [-0.39, 0.29) is 6.16 Å². The van der Waals surface area contributed by atoms with E-state index in [0.717, 1.165) is 6.42 Å². The van der Waals surface area contributed by atoms with E-state index >= 15 is 0 Å². The van der Waals surface area contributed by atoms with Crippen LogP contribution in [0.3, 0.4) is 0 Å². The first-order valence-corrected chi connectivity index (χ1v) is 4.53. The van der Waals surface area contributed by atoms with E-state index in [1.807, 2.05) is 6.92 Å². The molecule has 0 saturated heterocycles. The van der Waals surface area contributed by atoms with Crippen LogP contribution < -0.4 is 0 Å². The van der Waals surface area contributed by atoms with Crippen molar-refractivity contribution in [1.29, 1.82) is 0 Å². The van der Waals surface area contributed by atoms with E-state index in [1.165, 1.54) is 0 Å². The normalized spacial score (nSPS) is 17.2. The first-order chi connectivity index (χ1) is 4.12. The SMILES string of the molecule is CCCCP(=O)(O)OO. The third kappa shape index (κ3) is 4.60. The Labute approximate surface area is 53.9 Å². The zero-order valence-electron chi connectivity index (χ0n) is 5.28. The van der Waals surface area contributed by atoms with Crippen LogP contribution in [0.1, 0.15) is 19.8 Å². The van der Waals surface area contributed by atoms with E-state index in [2.05, 4.69) is 4.67 Å². The van der Waals surface area contributed by atoms with Gasteiger partial charge in [-0.05, 0) is 6.42 Å². The molecule has 0 bridgehead atoms. The van der Waals surface area contributed by atoms with Crippen molar-refractivity contribution in [3.05, 3.63) is 0 Å². The standard InChI is InChI=1S/C4H11O4P/c1-2-3-4-9(6,7)8-5/h5H,2-4H2,1H3,(H,6,7). The van der Waals surface area contributed by atoms with Gasteiger partial charge in [0.05, 0.1) is 6.16 Å². The summed E-state index contributed by atoms with van der Waals surface area (Å²) in [5, 5.41) is 7.81. The molecule has 0 aliphatic carbocycles. The van der Waals surface area contributed by atoms with Crippen LogP contribution in [0.15, 0.2) is 0 Å². The maximum absolute atomic E-state index is 10.4. The summed E-state index contributed by atoms with van der Waals surface area (Å²) in [6.07, 6.45) is 1.43. The van der Waals surface area contributed by atoms with Gasteiger partial charge in [0.15, 0.2) is 0 Å². The monoisotopic (exact) mass is 154 g/mol. The molecule has 0 heterocycles. The van der Waals surface area contributed by atoms with Crippen molar-refractivity contribution >= 4 is 7.60 Å². The van der Waals surface area contributed by atoms with Crippen LogP contribution in [0, 0.1) is 0 Å². The van der Waals surface area contributed by atoms with Gasteiger partial charge in [0, 0.05) is 0 Å². The van der Waals surface area contributed by atoms with Crippen molar-refractivity contribution in [2.75, 3.05) is 6.16 Å². The van der Waals surface area contributed by atoms with Crippen LogP contribution in [0.5, 0.6) is 0 Å². The van der Waals surface area contributed by atoms with Gasteiger partial charge >= 0.3 is 7.60 Å². The highest BCUT2D eigenvalue weighted by Crippen LogP contribution is 2.41. The van der Waals surface area contributed by atoms with Gasteiger partial charge in [0.2, 0.25) is 0 Å². The topological polar surface area (TPSA) is 66.8 Å². The van der Waals surface area contributed by atoms with Crippen molar-refractivity contribution < 1.29 is 19.4 Å². The second kappa shape index (κ2) is 4.01. The Bertz CT molecular complexity index is 113. The van der Waals surface area contributed by atoms with E-state index in [1.54, 1.807) is 0 Å². The molecular weight excluding hydrogens is 143 g/mol. The minimum Gasteiger partial charge on any atom is -0.323 e. The largest absolute Gasteiger partial charge is 0.355 e. The lowest BCUT2D eigenvalue weighted by atomic mass is 10.4. The van der Waals surface area contributed by atoms with Crippen molar-refractivity contribution in [3.63, 3.8) is 0 Å². The Kier molecular flexibility index (Phi) is 4.06. The summed E-state index contributed by atoms with van der Waals surface area (Å²) in [5.41, 5.74) is 0. The Morgan fingerprint density at radius 3 is 2.56 bits per heavy atom. The number of hydrogen-bond donors (Lipinski definition) is 2. The molecule has 0 aromatic carbocycles. The minimum atomic E-state index is -3.63. The minimum absolute atomic E-state index is 0.0278. The molecule has 0 aromatic heterocycles. The first kappa shape index (κ1) is 9.11. The molecule has 0 amide bonds. The summed E-state index contributed by atoms with van der Waals surface area (Å²) in [6.45, 7) is 1.89. The molecule has 56 valence electrons. The summed E-state index contributed by atoms with van der Waals surface area (Å²) < 4.78 is 13.8. The molecule has 0 radical (unpaired) electrons. The van der Waals surface area contributed by atoms with Gasteiger partial charge in [-0.15, -0.1) is 0 Å². The van der Waals surface area contributed by atoms with Gasteiger partial charge in [-0.1, -0.05) is 13.3 Å².